The van der Waals surface area contributed by atoms with E-state index in [1.807, 2.05) is 17.0 Å². The van der Waals surface area contributed by atoms with Crippen molar-refractivity contribution >= 4 is 16.8 Å². The van der Waals surface area contributed by atoms with Gasteiger partial charge in [-0.25, -0.2) is 8.78 Å². The van der Waals surface area contributed by atoms with E-state index in [0.717, 1.165) is 34.1 Å². The molecular formula is C26H22F2N2O. The predicted molar refractivity (Wildman–Crippen MR) is 118 cm³/mol. The lowest BCUT2D eigenvalue weighted by Crippen LogP contribution is -2.36. The van der Waals surface area contributed by atoms with Crippen LogP contribution in [0.3, 0.4) is 0 Å². The number of hydrogen-bond donors (Lipinski definition) is 1. The van der Waals surface area contributed by atoms with E-state index in [1.54, 1.807) is 18.2 Å². The summed E-state index contributed by atoms with van der Waals surface area (Å²) in [4.78, 5) is 18.2. The second-order valence-electron chi connectivity index (χ2n) is 8.01. The highest BCUT2D eigenvalue weighted by atomic mass is 19.1. The zero-order valence-corrected chi connectivity index (χ0v) is 17.0. The van der Waals surface area contributed by atoms with E-state index < -0.39 is 0 Å². The molecule has 1 N–H and O–H groups in total. The van der Waals surface area contributed by atoms with Gasteiger partial charge in [0.2, 0.25) is 5.91 Å². The number of nitrogens with one attached hydrogen (secondary N) is 1. The Kier molecular flexibility index (Phi) is 5.02. The van der Waals surface area contributed by atoms with Crippen molar-refractivity contribution < 1.29 is 13.6 Å². The number of amides is 1. The van der Waals surface area contributed by atoms with Crippen LogP contribution in [-0.4, -0.2) is 22.3 Å². The van der Waals surface area contributed by atoms with E-state index in [4.69, 9.17) is 0 Å². The first-order valence-corrected chi connectivity index (χ1v) is 10.5. The van der Waals surface area contributed by atoms with Crippen molar-refractivity contribution in [2.45, 2.75) is 25.8 Å². The third-order valence-electron chi connectivity index (χ3n) is 6.07. The molecule has 1 aliphatic rings. The van der Waals surface area contributed by atoms with Crippen molar-refractivity contribution in [1.82, 2.24) is 9.88 Å². The van der Waals surface area contributed by atoms with Gasteiger partial charge in [-0.2, -0.15) is 0 Å². The summed E-state index contributed by atoms with van der Waals surface area (Å²) in [6.07, 6.45) is 1.67. The van der Waals surface area contributed by atoms with E-state index in [2.05, 4.69) is 17.1 Å². The molecule has 5 rings (SSSR count). The van der Waals surface area contributed by atoms with Gasteiger partial charge in [0.25, 0.3) is 0 Å². The lowest BCUT2D eigenvalue weighted by Gasteiger charge is -2.29. The van der Waals surface area contributed by atoms with Gasteiger partial charge in [0, 0.05) is 36.1 Å². The van der Waals surface area contributed by atoms with Crippen LogP contribution >= 0.6 is 0 Å². The molecule has 0 aliphatic carbocycles. The molecule has 1 aromatic heterocycles. The topological polar surface area (TPSA) is 36.1 Å². The lowest BCUT2D eigenvalue weighted by atomic mass is 9.98. The molecule has 0 saturated heterocycles. The van der Waals surface area contributed by atoms with Crippen LogP contribution in [0.25, 0.3) is 22.2 Å². The van der Waals surface area contributed by atoms with Gasteiger partial charge in [-0.15, -0.1) is 0 Å². The molecule has 0 fully saturated rings. The molecule has 0 unspecified atom stereocenters. The number of halogens is 2. The third-order valence-corrected chi connectivity index (χ3v) is 6.07. The Morgan fingerprint density at radius 1 is 0.935 bits per heavy atom. The maximum Gasteiger partial charge on any atom is 0.223 e. The fourth-order valence-electron chi connectivity index (χ4n) is 4.44. The number of rotatable bonds is 4. The molecule has 31 heavy (non-hydrogen) atoms. The monoisotopic (exact) mass is 416 g/mol. The number of aryl methyl sites for hydroxylation is 1. The van der Waals surface area contributed by atoms with Gasteiger partial charge in [-0.3, -0.25) is 4.79 Å². The third kappa shape index (κ3) is 3.83. The first-order chi connectivity index (χ1) is 15.1. The molecule has 0 bridgehead atoms. The van der Waals surface area contributed by atoms with Gasteiger partial charge in [-0.05, 0) is 77.6 Å². The van der Waals surface area contributed by atoms with Crippen molar-refractivity contribution in [3.05, 3.63) is 95.1 Å². The van der Waals surface area contributed by atoms with Crippen molar-refractivity contribution in [1.29, 1.82) is 0 Å². The highest BCUT2D eigenvalue weighted by Crippen LogP contribution is 2.32. The van der Waals surface area contributed by atoms with Crippen molar-refractivity contribution in [3.8, 4) is 11.3 Å². The number of carbonyl (C=O) groups is 1. The van der Waals surface area contributed by atoms with Gasteiger partial charge in [0.15, 0.2) is 0 Å². The molecule has 0 radical (unpaired) electrons. The number of benzene rings is 3. The lowest BCUT2D eigenvalue weighted by molar-refractivity contribution is -0.132. The Bertz CT molecular complexity index is 1260. The van der Waals surface area contributed by atoms with Gasteiger partial charge < -0.3 is 9.88 Å². The van der Waals surface area contributed by atoms with Crippen molar-refractivity contribution in [2.75, 3.05) is 6.54 Å². The largest absolute Gasteiger partial charge is 0.354 e. The van der Waals surface area contributed by atoms with Crippen LogP contribution < -0.4 is 0 Å². The zero-order chi connectivity index (χ0) is 21.4. The van der Waals surface area contributed by atoms with E-state index in [-0.39, 0.29) is 17.5 Å². The number of fused-ring (bicyclic) bond motifs is 2. The maximum absolute atomic E-state index is 14.0. The minimum Gasteiger partial charge on any atom is -0.354 e. The second kappa shape index (κ2) is 7.99. The predicted octanol–water partition coefficient (Wildman–Crippen LogP) is 5.63. The molecule has 0 saturated carbocycles. The number of aromatic amines is 1. The first-order valence-electron chi connectivity index (χ1n) is 10.5. The SMILES string of the molecule is O=C(CCc1c(-c2ccc(F)cc2)[nH]c2ccc(F)cc12)N1CCc2ccccc2C1. The van der Waals surface area contributed by atoms with Crippen LogP contribution in [0.15, 0.2) is 66.7 Å². The van der Waals surface area contributed by atoms with E-state index in [1.165, 1.54) is 35.4 Å². The van der Waals surface area contributed by atoms with Gasteiger partial charge in [0.05, 0.1) is 0 Å². The Morgan fingerprint density at radius 3 is 2.48 bits per heavy atom. The minimum atomic E-state index is -0.322. The molecule has 1 aliphatic heterocycles. The Hall–Kier alpha value is -3.47. The van der Waals surface area contributed by atoms with Crippen LogP contribution in [0.2, 0.25) is 0 Å². The van der Waals surface area contributed by atoms with Crippen LogP contribution in [0.1, 0.15) is 23.1 Å². The number of carbonyl (C=O) groups excluding carboxylic acids is 1. The molecular weight excluding hydrogens is 394 g/mol. The van der Waals surface area contributed by atoms with Crippen LogP contribution in [0, 0.1) is 11.6 Å². The standard InChI is InChI=1S/C26H22F2N2O/c27-20-7-5-18(6-8-20)26-22(23-15-21(28)9-11-24(23)29-26)10-12-25(31)30-14-13-17-3-1-2-4-19(17)16-30/h1-9,11,15,29H,10,12-14,16H2. The number of hydrogen-bond acceptors (Lipinski definition) is 1. The molecule has 5 heteroatoms. The second-order valence-corrected chi connectivity index (χ2v) is 8.01. The van der Waals surface area contributed by atoms with Crippen molar-refractivity contribution in [2.24, 2.45) is 0 Å². The van der Waals surface area contributed by atoms with Crippen LogP contribution in [-0.2, 0) is 24.2 Å². The van der Waals surface area contributed by atoms with Gasteiger partial charge >= 0.3 is 0 Å². The van der Waals surface area contributed by atoms with E-state index in [9.17, 15) is 13.6 Å². The summed E-state index contributed by atoms with van der Waals surface area (Å²) in [7, 11) is 0. The summed E-state index contributed by atoms with van der Waals surface area (Å²) in [5, 5.41) is 0.760. The van der Waals surface area contributed by atoms with Crippen LogP contribution in [0.4, 0.5) is 8.78 Å². The summed E-state index contributed by atoms with van der Waals surface area (Å²) in [5.41, 5.74) is 5.80. The number of H-pyrrole nitrogens is 1. The quantitative estimate of drug-likeness (QED) is 0.460. The average Bonchev–Trinajstić information content (AvgIpc) is 3.15. The van der Waals surface area contributed by atoms with Crippen molar-refractivity contribution in [3.63, 3.8) is 0 Å². The highest BCUT2D eigenvalue weighted by Gasteiger charge is 2.22. The van der Waals surface area contributed by atoms with Gasteiger partial charge in [-0.1, -0.05) is 24.3 Å². The molecule has 4 aromatic rings. The summed E-state index contributed by atoms with van der Waals surface area (Å²) < 4.78 is 27.4. The summed E-state index contributed by atoms with van der Waals surface area (Å²) in [6.45, 7) is 1.34. The number of nitrogens with zero attached hydrogens (tertiary/aromatic N) is 1. The minimum absolute atomic E-state index is 0.0883. The maximum atomic E-state index is 14.0. The normalized spacial score (nSPS) is 13.4. The van der Waals surface area contributed by atoms with E-state index >= 15 is 0 Å². The fraction of sp³-hybridized carbons (Fsp3) is 0.192. The van der Waals surface area contributed by atoms with E-state index in [0.29, 0.717) is 25.9 Å². The first kappa shape index (κ1) is 19.5. The Balaban J connectivity index is 1.42. The smallest absolute Gasteiger partial charge is 0.223 e. The zero-order valence-electron chi connectivity index (χ0n) is 17.0. The van der Waals surface area contributed by atoms with Crippen LogP contribution in [0.5, 0.6) is 0 Å². The Morgan fingerprint density at radius 2 is 1.68 bits per heavy atom. The molecule has 3 nitrogen and oxygen atoms in total. The Labute approximate surface area is 179 Å². The summed E-state index contributed by atoms with van der Waals surface area (Å²) in [5.74, 6) is -0.546. The number of aromatic nitrogens is 1. The highest BCUT2D eigenvalue weighted by molar-refractivity contribution is 5.91. The molecule has 0 atom stereocenters. The molecule has 0 spiro atoms. The summed E-state index contributed by atoms with van der Waals surface area (Å²) in [6, 6.07) is 19.0. The molecule has 3 aromatic carbocycles. The molecule has 1 amide bonds. The molecule has 2 heterocycles. The molecule has 156 valence electrons. The summed E-state index contributed by atoms with van der Waals surface area (Å²) >= 11 is 0. The fourth-order valence-corrected chi connectivity index (χ4v) is 4.44. The average molecular weight is 416 g/mol. The van der Waals surface area contributed by atoms with Gasteiger partial charge in [0.1, 0.15) is 11.6 Å².